The van der Waals surface area contributed by atoms with Gasteiger partial charge in [0.1, 0.15) is 5.82 Å². The van der Waals surface area contributed by atoms with E-state index in [1.165, 1.54) is 12.8 Å². The van der Waals surface area contributed by atoms with Crippen molar-refractivity contribution in [1.29, 1.82) is 0 Å². The molecule has 3 rings (SSSR count). The second-order valence-corrected chi connectivity index (χ2v) is 6.16. The fourth-order valence-corrected chi connectivity index (χ4v) is 3.18. The minimum Gasteiger partial charge on any atom is -0.376 e. The molecular weight excluding hydrogens is 282 g/mol. The molecule has 0 saturated carbocycles. The molecule has 2 aliphatic rings. The number of aromatic nitrogens is 3. The summed E-state index contributed by atoms with van der Waals surface area (Å²) < 4.78 is 7.73. The Morgan fingerprint density at radius 2 is 2.27 bits per heavy atom. The Balaban J connectivity index is 1.49. The maximum Gasteiger partial charge on any atom is 0.315 e. The summed E-state index contributed by atoms with van der Waals surface area (Å²) >= 11 is 0. The van der Waals surface area contributed by atoms with Crippen LogP contribution in [0, 0.1) is 0 Å². The Bertz CT molecular complexity index is 510. The van der Waals surface area contributed by atoms with Crippen molar-refractivity contribution in [3.8, 4) is 0 Å². The van der Waals surface area contributed by atoms with Gasteiger partial charge < -0.3 is 19.9 Å². The van der Waals surface area contributed by atoms with Crippen molar-refractivity contribution >= 4 is 6.03 Å². The SMILES string of the molecule is CC(NC(=O)NCc1nnc2n1CCCCC2)C1CCCO1. The van der Waals surface area contributed by atoms with Crippen LogP contribution in [0.2, 0.25) is 0 Å². The molecule has 7 nitrogen and oxygen atoms in total. The summed E-state index contributed by atoms with van der Waals surface area (Å²) in [6.07, 6.45) is 6.76. The number of carbonyl (C=O) groups excluding carboxylic acids is 1. The summed E-state index contributed by atoms with van der Waals surface area (Å²) in [5.41, 5.74) is 0. The number of aryl methyl sites for hydroxylation is 1. The second-order valence-electron chi connectivity index (χ2n) is 6.16. The lowest BCUT2D eigenvalue weighted by molar-refractivity contribution is 0.0860. The average molecular weight is 307 g/mol. The third-order valence-corrected chi connectivity index (χ3v) is 4.47. The summed E-state index contributed by atoms with van der Waals surface area (Å²) in [6, 6.07) is -0.146. The van der Waals surface area contributed by atoms with Gasteiger partial charge in [-0.15, -0.1) is 10.2 Å². The first-order chi connectivity index (χ1) is 10.7. The van der Waals surface area contributed by atoms with Gasteiger partial charge in [-0.3, -0.25) is 0 Å². The zero-order chi connectivity index (χ0) is 15.4. The van der Waals surface area contributed by atoms with Gasteiger partial charge >= 0.3 is 6.03 Å². The fourth-order valence-electron chi connectivity index (χ4n) is 3.18. The smallest absolute Gasteiger partial charge is 0.315 e. The number of rotatable bonds is 4. The quantitative estimate of drug-likeness (QED) is 0.880. The van der Waals surface area contributed by atoms with Gasteiger partial charge in [0.15, 0.2) is 5.82 Å². The van der Waals surface area contributed by atoms with E-state index >= 15 is 0 Å². The Morgan fingerprint density at radius 3 is 3.09 bits per heavy atom. The molecular formula is C15H25N5O2. The van der Waals surface area contributed by atoms with E-state index in [0.29, 0.717) is 6.54 Å². The van der Waals surface area contributed by atoms with E-state index in [1.807, 2.05) is 6.92 Å². The van der Waals surface area contributed by atoms with Crippen molar-refractivity contribution < 1.29 is 9.53 Å². The monoisotopic (exact) mass is 307 g/mol. The van der Waals surface area contributed by atoms with Gasteiger partial charge in [0.2, 0.25) is 0 Å². The molecule has 1 aromatic rings. The maximum absolute atomic E-state index is 12.0. The molecule has 22 heavy (non-hydrogen) atoms. The van der Waals surface area contributed by atoms with Crippen LogP contribution in [0.4, 0.5) is 4.79 Å². The van der Waals surface area contributed by atoms with Gasteiger partial charge in [-0.2, -0.15) is 0 Å². The van der Waals surface area contributed by atoms with Gasteiger partial charge in [0, 0.05) is 19.6 Å². The standard InChI is InChI=1S/C15H25N5O2/c1-11(12-6-5-9-22-12)17-15(21)16-10-14-19-18-13-7-3-2-4-8-20(13)14/h11-12H,2-10H2,1H3,(H2,16,17,21). The third-order valence-electron chi connectivity index (χ3n) is 4.47. The van der Waals surface area contributed by atoms with Crippen molar-refractivity contribution in [2.45, 2.75) is 70.7 Å². The summed E-state index contributed by atoms with van der Waals surface area (Å²) in [5, 5.41) is 14.3. The lowest BCUT2D eigenvalue weighted by Gasteiger charge is -2.20. The highest BCUT2D eigenvalue weighted by Gasteiger charge is 2.23. The van der Waals surface area contributed by atoms with Crippen LogP contribution in [0.3, 0.4) is 0 Å². The highest BCUT2D eigenvalue weighted by atomic mass is 16.5. The van der Waals surface area contributed by atoms with E-state index in [9.17, 15) is 4.79 Å². The van der Waals surface area contributed by atoms with E-state index in [-0.39, 0.29) is 18.2 Å². The number of ether oxygens (including phenoxy) is 1. The molecule has 0 aromatic carbocycles. The van der Waals surface area contributed by atoms with Crippen LogP contribution in [0.25, 0.3) is 0 Å². The normalized spacial score (nSPS) is 22.7. The van der Waals surface area contributed by atoms with Crippen molar-refractivity contribution in [2.75, 3.05) is 6.61 Å². The number of nitrogens with one attached hydrogen (secondary N) is 2. The predicted octanol–water partition coefficient (Wildman–Crippen LogP) is 1.37. The molecule has 0 aliphatic carbocycles. The number of hydrogen-bond donors (Lipinski definition) is 2. The van der Waals surface area contributed by atoms with E-state index in [0.717, 1.165) is 50.5 Å². The van der Waals surface area contributed by atoms with Crippen molar-refractivity contribution in [3.05, 3.63) is 11.6 Å². The van der Waals surface area contributed by atoms with Gasteiger partial charge in [0.25, 0.3) is 0 Å². The lowest BCUT2D eigenvalue weighted by Crippen LogP contribution is -2.45. The summed E-state index contributed by atoms with van der Waals surface area (Å²) in [7, 11) is 0. The predicted molar refractivity (Wildman–Crippen MR) is 81.4 cm³/mol. The molecule has 2 N–H and O–H groups in total. The second kappa shape index (κ2) is 7.09. The van der Waals surface area contributed by atoms with Gasteiger partial charge in [-0.05, 0) is 32.6 Å². The molecule has 3 heterocycles. The minimum absolute atomic E-state index is 0.0259. The number of nitrogens with zero attached hydrogens (tertiary/aromatic N) is 3. The van der Waals surface area contributed by atoms with Crippen molar-refractivity contribution in [1.82, 2.24) is 25.4 Å². The van der Waals surface area contributed by atoms with E-state index in [1.54, 1.807) is 0 Å². The summed E-state index contributed by atoms with van der Waals surface area (Å²) in [5.74, 6) is 1.89. The molecule has 122 valence electrons. The number of carbonyl (C=O) groups is 1. The third kappa shape index (κ3) is 3.58. The Kier molecular flexibility index (Phi) is 4.92. The zero-order valence-electron chi connectivity index (χ0n) is 13.2. The molecule has 7 heteroatoms. The summed E-state index contributed by atoms with van der Waals surface area (Å²) in [4.78, 5) is 12.0. The Morgan fingerprint density at radius 1 is 1.36 bits per heavy atom. The molecule has 1 saturated heterocycles. The van der Waals surface area contributed by atoms with Crippen LogP contribution in [-0.2, 0) is 24.2 Å². The highest BCUT2D eigenvalue weighted by Crippen LogP contribution is 2.16. The number of fused-ring (bicyclic) bond motifs is 1. The van der Waals surface area contributed by atoms with Gasteiger partial charge in [-0.25, -0.2) is 4.79 Å². The number of urea groups is 1. The Labute approximate surface area is 130 Å². The van der Waals surface area contributed by atoms with Crippen LogP contribution in [0.15, 0.2) is 0 Å². The van der Waals surface area contributed by atoms with Crippen LogP contribution in [0.5, 0.6) is 0 Å². The average Bonchev–Trinajstić information content (AvgIpc) is 3.11. The lowest BCUT2D eigenvalue weighted by atomic mass is 10.1. The largest absolute Gasteiger partial charge is 0.376 e. The Hall–Kier alpha value is -1.63. The molecule has 0 spiro atoms. The number of amides is 2. The van der Waals surface area contributed by atoms with Crippen molar-refractivity contribution in [3.63, 3.8) is 0 Å². The molecule has 1 aromatic heterocycles. The first-order valence-electron chi connectivity index (χ1n) is 8.31. The van der Waals surface area contributed by atoms with Crippen LogP contribution in [-0.4, -0.2) is 39.5 Å². The zero-order valence-corrected chi connectivity index (χ0v) is 13.2. The maximum atomic E-state index is 12.0. The molecule has 2 atom stereocenters. The first kappa shape index (κ1) is 15.3. The first-order valence-corrected chi connectivity index (χ1v) is 8.31. The van der Waals surface area contributed by atoms with Crippen molar-refractivity contribution in [2.24, 2.45) is 0 Å². The molecule has 1 fully saturated rings. The molecule has 2 amide bonds. The topological polar surface area (TPSA) is 81.1 Å². The van der Waals surface area contributed by atoms with E-state index in [4.69, 9.17) is 4.74 Å². The molecule has 2 aliphatic heterocycles. The van der Waals surface area contributed by atoms with Crippen LogP contribution >= 0.6 is 0 Å². The number of hydrogen-bond acceptors (Lipinski definition) is 4. The molecule has 2 unspecified atom stereocenters. The van der Waals surface area contributed by atoms with E-state index < -0.39 is 0 Å². The summed E-state index contributed by atoms with van der Waals surface area (Å²) in [6.45, 7) is 4.15. The highest BCUT2D eigenvalue weighted by molar-refractivity contribution is 5.74. The van der Waals surface area contributed by atoms with Gasteiger partial charge in [0.05, 0.1) is 18.7 Å². The fraction of sp³-hybridized carbons (Fsp3) is 0.800. The van der Waals surface area contributed by atoms with E-state index in [2.05, 4.69) is 25.4 Å². The van der Waals surface area contributed by atoms with Gasteiger partial charge in [-0.1, -0.05) is 6.42 Å². The molecule has 0 bridgehead atoms. The minimum atomic E-state index is -0.172. The molecule has 0 radical (unpaired) electrons. The van der Waals surface area contributed by atoms with Crippen LogP contribution < -0.4 is 10.6 Å². The van der Waals surface area contributed by atoms with Crippen LogP contribution in [0.1, 0.15) is 50.7 Å².